The number of nitrogens with one attached hydrogen (secondary N) is 3. The van der Waals surface area contributed by atoms with Crippen molar-refractivity contribution in [2.45, 2.75) is 39.7 Å². The van der Waals surface area contributed by atoms with Crippen LogP contribution in [-0.4, -0.2) is 25.0 Å². The van der Waals surface area contributed by atoms with Crippen molar-refractivity contribution < 1.29 is 14.0 Å². The molecule has 0 saturated heterocycles. The Kier molecular flexibility index (Phi) is 5.58. The molecule has 1 aromatic rings. The zero-order valence-electron chi connectivity index (χ0n) is 13.8. The lowest BCUT2D eigenvalue weighted by molar-refractivity contribution is -0.120. The van der Waals surface area contributed by atoms with Crippen LogP contribution in [0.1, 0.15) is 42.5 Å². The van der Waals surface area contributed by atoms with E-state index in [2.05, 4.69) is 16.0 Å². The fraction of sp³-hybridized carbons (Fsp3) is 0.529. The predicted molar refractivity (Wildman–Crippen MR) is 86.6 cm³/mol. The highest BCUT2D eigenvalue weighted by molar-refractivity contribution is 5.84. The van der Waals surface area contributed by atoms with Crippen LogP contribution in [0.25, 0.3) is 0 Å². The van der Waals surface area contributed by atoms with Gasteiger partial charge in [0.15, 0.2) is 0 Å². The number of benzene rings is 1. The van der Waals surface area contributed by atoms with Crippen LogP contribution in [0, 0.1) is 25.6 Å². The first kappa shape index (κ1) is 17.2. The van der Waals surface area contributed by atoms with E-state index in [9.17, 15) is 14.0 Å². The summed E-state index contributed by atoms with van der Waals surface area (Å²) in [5.74, 6) is 0.198. The fourth-order valence-electron chi connectivity index (χ4n) is 2.36. The molecule has 1 aliphatic rings. The van der Waals surface area contributed by atoms with Gasteiger partial charge in [-0.3, -0.25) is 4.79 Å². The number of carbonyl (C=O) groups excluding carboxylic acids is 2. The number of aryl methyl sites for hydroxylation is 2. The highest BCUT2D eigenvalue weighted by atomic mass is 19.1. The van der Waals surface area contributed by atoms with Crippen molar-refractivity contribution >= 4 is 11.9 Å². The summed E-state index contributed by atoms with van der Waals surface area (Å²) in [6.07, 6.45) is 2.34. The molecule has 6 heteroatoms. The molecule has 0 aromatic heterocycles. The molecule has 5 nitrogen and oxygen atoms in total. The smallest absolute Gasteiger partial charge is 0.315 e. The number of hydrogen-bond acceptors (Lipinski definition) is 2. The number of carbonyl (C=O) groups is 2. The van der Waals surface area contributed by atoms with E-state index >= 15 is 0 Å². The Morgan fingerprint density at radius 2 is 1.83 bits per heavy atom. The van der Waals surface area contributed by atoms with Crippen molar-refractivity contribution in [2.24, 2.45) is 5.92 Å². The molecule has 0 spiro atoms. The van der Waals surface area contributed by atoms with Crippen LogP contribution in [0.2, 0.25) is 0 Å². The lowest BCUT2D eigenvalue weighted by Gasteiger charge is -2.17. The molecule has 23 heavy (non-hydrogen) atoms. The highest BCUT2D eigenvalue weighted by Gasteiger charge is 2.21. The molecule has 3 N–H and O–H groups in total. The SMILES string of the molecule is Cc1cc(C(C)NC(=O)NCC(=O)NCC2CC2)cc(C)c1F. The Labute approximate surface area is 136 Å². The van der Waals surface area contributed by atoms with Gasteiger partial charge >= 0.3 is 6.03 Å². The molecule has 1 fully saturated rings. The quantitative estimate of drug-likeness (QED) is 0.752. The minimum absolute atomic E-state index is 0.0489. The van der Waals surface area contributed by atoms with Crippen LogP contribution in [0.5, 0.6) is 0 Å². The molecule has 0 aliphatic heterocycles. The number of rotatable bonds is 6. The monoisotopic (exact) mass is 321 g/mol. The van der Waals surface area contributed by atoms with E-state index in [0.717, 1.165) is 5.56 Å². The van der Waals surface area contributed by atoms with Crippen LogP contribution in [-0.2, 0) is 4.79 Å². The lowest BCUT2D eigenvalue weighted by Crippen LogP contribution is -2.43. The Hall–Kier alpha value is -2.11. The van der Waals surface area contributed by atoms with E-state index in [1.165, 1.54) is 12.8 Å². The molecule has 1 aromatic carbocycles. The zero-order valence-corrected chi connectivity index (χ0v) is 13.8. The summed E-state index contributed by atoms with van der Waals surface area (Å²) in [5.41, 5.74) is 1.93. The second-order valence-electron chi connectivity index (χ2n) is 6.26. The van der Waals surface area contributed by atoms with Crippen molar-refractivity contribution in [1.29, 1.82) is 0 Å². The van der Waals surface area contributed by atoms with E-state index in [1.54, 1.807) is 26.0 Å². The molecule has 1 saturated carbocycles. The molecular formula is C17H24FN3O2. The van der Waals surface area contributed by atoms with Crippen molar-refractivity contribution in [3.8, 4) is 0 Å². The summed E-state index contributed by atoms with van der Waals surface area (Å²) in [7, 11) is 0. The molecule has 1 unspecified atom stereocenters. The highest BCUT2D eigenvalue weighted by Crippen LogP contribution is 2.27. The first-order valence-corrected chi connectivity index (χ1v) is 7.94. The normalized spacial score (nSPS) is 15.0. The van der Waals surface area contributed by atoms with Gasteiger partial charge in [-0.15, -0.1) is 0 Å². The van der Waals surface area contributed by atoms with E-state index in [0.29, 0.717) is 23.6 Å². The van der Waals surface area contributed by atoms with Crippen molar-refractivity contribution in [1.82, 2.24) is 16.0 Å². The predicted octanol–water partition coefficient (Wildman–Crippen LogP) is 2.33. The summed E-state index contributed by atoms with van der Waals surface area (Å²) in [6.45, 7) is 5.85. The van der Waals surface area contributed by atoms with Crippen LogP contribution in [0.3, 0.4) is 0 Å². The minimum atomic E-state index is -0.418. The van der Waals surface area contributed by atoms with Gasteiger partial charge in [-0.05, 0) is 56.2 Å². The van der Waals surface area contributed by atoms with Crippen LogP contribution in [0.15, 0.2) is 12.1 Å². The van der Waals surface area contributed by atoms with Gasteiger partial charge < -0.3 is 16.0 Å². The first-order valence-electron chi connectivity index (χ1n) is 7.94. The molecular weight excluding hydrogens is 297 g/mol. The molecule has 126 valence electrons. The number of urea groups is 1. The average Bonchev–Trinajstić information content (AvgIpc) is 3.32. The summed E-state index contributed by atoms with van der Waals surface area (Å²) >= 11 is 0. The van der Waals surface area contributed by atoms with Crippen LogP contribution < -0.4 is 16.0 Å². The molecule has 1 aliphatic carbocycles. The van der Waals surface area contributed by atoms with Crippen LogP contribution in [0.4, 0.5) is 9.18 Å². The number of hydrogen-bond donors (Lipinski definition) is 3. The third-order valence-electron chi connectivity index (χ3n) is 4.00. The van der Waals surface area contributed by atoms with E-state index < -0.39 is 6.03 Å². The zero-order chi connectivity index (χ0) is 17.0. The summed E-state index contributed by atoms with van der Waals surface area (Å²) in [6, 6.07) is 2.74. The summed E-state index contributed by atoms with van der Waals surface area (Å²) < 4.78 is 13.6. The van der Waals surface area contributed by atoms with Gasteiger partial charge in [-0.1, -0.05) is 12.1 Å². The van der Waals surface area contributed by atoms with Gasteiger partial charge in [0.05, 0.1) is 12.6 Å². The van der Waals surface area contributed by atoms with Gasteiger partial charge in [-0.2, -0.15) is 0 Å². The van der Waals surface area contributed by atoms with Gasteiger partial charge in [0.25, 0.3) is 0 Å². The maximum atomic E-state index is 13.6. The summed E-state index contributed by atoms with van der Waals surface area (Å²) in [5, 5.41) is 8.06. The number of amides is 3. The van der Waals surface area contributed by atoms with Crippen LogP contribution >= 0.6 is 0 Å². The van der Waals surface area contributed by atoms with E-state index in [-0.39, 0.29) is 24.3 Å². The second-order valence-corrected chi connectivity index (χ2v) is 6.26. The topological polar surface area (TPSA) is 70.2 Å². The Balaban J connectivity index is 1.78. The maximum absolute atomic E-state index is 13.6. The first-order chi connectivity index (χ1) is 10.9. The molecule has 3 amide bonds. The van der Waals surface area contributed by atoms with Gasteiger partial charge in [0.2, 0.25) is 5.91 Å². The molecule has 0 heterocycles. The van der Waals surface area contributed by atoms with Crippen molar-refractivity contribution in [2.75, 3.05) is 13.1 Å². The van der Waals surface area contributed by atoms with Gasteiger partial charge in [-0.25, -0.2) is 9.18 Å². The third kappa shape index (κ3) is 5.23. The average molecular weight is 321 g/mol. The van der Waals surface area contributed by atoms with Crippen molar-refractivity contribution in [3.63, 3.8) is 0 Å². The molecule has 0 bridgehead atoms. The third-order valence-corrected chi connectivity index (χ3v) is 4.00. The Bertz CT molecular complexity index is 576. The standard InChI is InChI=1S/C17H24FN3O2/c1-10-6-14(7-11(2)16(10)18)12(3)21-17(23)20-9-15(22)19-8-13-4-5-13/h6-7,12-13H,4-5,8-9H2,1-3H3,(H,19,22)(H2,20,21,23). The van der Waals surface area contributed by atoms with E-state index in [1.807, 2.05) is 6.92 Å². The number of halogens is 1. The van der Waals surface area contributed by atoms with Gasteiger partial charge in [0, 0.05) is 6.54 Å². The summed E-state index contributed by atoms with van der Waals surface area (Å²) in [4.78, 5) is 23.4. The second kappa shape index (κ2) is 7.44. The molecule has 2 rings (SSSR count). The molecule has 0 radical (unpaired) electrons. The largest absolute Gasteiger partial charge is 0.354 e. The maximum Gasteiger partial charge on any atom is 0.315 e. The fourth-order valence-corrected chi connectivity index (χ4v) is 2.36. The molecule has 1 atom stereocenters. The van der Waals surface area contributed by atoms with Crippen molar-refractivity contribution in [3.05, 3.63) is 34.6 Å². The lowest BCUT2D eigenvalue weighted by atomic mass is 10.0. The Morgan fingerprint density at radius 3 is 2.39 bits per heavy atom. The van der Waals surface area contributed by atoms with E-state index in [4.69, 9.17) is 0 Å². The minimum Gasteiger partial charge on any atom is -0.354 e. The van der Waals surface area contributed by atoms with Gasteiger partial charge in [0.1, 0.15) is 5.82 Å². The Morgan fingerprint density at radius 1 is 1.22 bits per heavy atom.